The van der Waals surface area contributed by atoms with Gasteiger partial charge >= 0.3 is 5.97 Å². The van der Waals surface area contributed by atoms with Crippen molar-refractivity contribution in [1.82, 2.24) is 15.1 Å². The molecule has 0 aromatic heterocycles. The molecule has 1 aliphatic rings. The smallest absolute Gasteiger partial charge is 0.303 e. The van der Waals surface area contributed by atoms with Gasteiger partial charge in [0.25, 0.3) is 0 Å². The summed E-state index contributed by atoms with van der Waals surface area (Å²) in [5.41, 5.74) is 1.32. The van der Waals surface area contributed by atoms with E-state index in [4.69, 9.17) is 5.11 Å². The Morgan fingerprint density at radius 3 is 2.35 bits per heavy atom. The first-order chi connectivity index (χ1) is 11.1. The summed E-state index contributed by atoms with van der Waals surface area (Å²) in [4.78, 5) is 26.8. The van der Waals surface area contributed by atoms with Gasteiger partial charge in [0.15, 0.2) is 0 Å². The van der Waals surface area contributed by atoms with Crippen molar-refractivity contribution in [2.75, 3.05) is 39.3 Å². The van der Waals surface area contributed by atoms with Crippen LogP contribution in [0.3, 0.4) is 0 Å². The van der Waals surface area contributed by atoms with E-state index in [-0.39, 0.29) is 12.3 Å². The molecule has 1 amide bonds. The number of hydrogen-bond donors (Lipinski definition) is 2. The van der Waals surface area contributed by atoms with Crippen LogP contribution in [-0.2, 0) is 16.1 Å². The van der Waals surface area contributed by atoms with E-state index in [0.717, 1.165) is 32.7 Å². The Hall–Kier alpha value is -1.92. The lowest BCUT2D eigenvalue weighted by molar-refractivity contribution is -0.137. The third kappa shape index (κ3) is 6.80. The zero-order valence-corrected chi connectivity index (χ0v) is 13.4. The van der Waals surface area contributed by atoms with Crippen LogP contribution in [0.1, 0.15) is 18.4 Å². The molecule has 0 unspecified atom stereocenters. The van der Waals surface area contributed by atoms with Crippen LogP contribution in [0.4, 0.5) is 0 Å². The molecule has 1 aromatic rings. The van der Waals surface area contributed by atoms with Gasteiger partial charge in [-0.2, -0.15) is 0 Å². The first-order valence-electron chi connectivity index (χ1n) is 8.10. The van der Waals surface area contributed by atoms with Crippen molar-refractivity contribution in [2.45, 2.75) is 19.4 Å². The quantitative estimate of drug-likeness (QED) is 0.693. The molecule has 1 aromatic carbocycles. The average molecular weight is 319 g/mol. The molecule has 2 rings (SSSR count). The minimum absolute atomic E-state index is 0.0214. The van der Waals surface area contributed by atoms with Crippen molar-refractivity contribution in [3.05, 3.63) is 35.9 Å². The number of hydrogen-bond acceptors (Lipinski definition) is 4. The van der Waals surface area contributed by atoms with E-state index in [2.05, 4.69) is 39.4 Å². The number of nitrogens with zero attached hydrogens (tertiary/aromatic N) is 2. The molecule has 0 atom stereocenters. The Bertz CT molecular complexity index is 499. The molecule has 1 fully saturated rings. The number of carbonyl (C=O) groups is 2. The second-order valence-corrected chi connectivity index (χ2v) is 5.89. The first-order valence-corrected chi connectivity index (χ1v) is 8.10. The topological polar surface area (TPSA) is 72.9 Å². The van der Waals surface area contributed by atoms with Gasteiger partial charge in [0, 0.05) is 45.7 Å². The normalized spacial score (nSPS) is 16.2. The molecular formula is C17H25N3O3. The fourth-order valence-electron chi connectivity index (χ4n) is 2.67. The average Bonchev–Trinajstić information content (AvgIpc) is 2.54. The van der Waals surface area contributed by atoms with Crippen LogP contribution in [0.15, 0.2) is 30.3 Å². The largest absolute Gasteiger partial charge is 0.481 e. The van der Waals surface area contributed by atoms with E-state index in [1.54, 1.807) is 0 Å². The maximum Gasteiger partial charge on any atom is 0.303 e. The minimum Gasteiger partial charge on any atom is -0.481 e. The maximum atomic E-state index is 11.8. The second kappa shape index (κ2) is 9.27. The van der Waals surface area contributed by atoms with Gasteiger partial charge in [0.1, 0.15) is 0 Å². The van der Waals surface area contributed by atoms with Crippen LogP contribution in [0.25, 0.3) is 0 Å². The van der Waals surface area contributed by atoms with Gasteiger partial charge in [-0.3, -0.25) is 19.4 Å². The second-order valence-electron chi connectivity index (χ2n) is 5.89. The summed E-state index contributed by atoms with van der Waals surface area (Å²) in [5.74, 6) is -0.847. The van der Waals surface area contributed by atoms with E-state index in [1.165, 1.54) is 5.56 Å². The SMILES string of the molecule is O=C(O)CCCNC(=O)CN1CCN(Cc2ccccc2)CC1. The number of rotatable bonds is 8. The number of benzene rings is 1. The van der Waals surface area contributed by atoms with Gasteiger partial charge < -0.3 is 10.4 Å². The molecule has 6 heteroatoms. The summed E-state index contributed by atoms with van der Waals surface area (Å²) in [6, 6.07) is 10.4. The highest BCUT2D eigenvalue weighted by molar-refractivity contribution is 5.78. The molecule has 2 N–H and O–H groups in total. The zero-order chi connectivity index (χ0) is 16.5. The number of carboxylic acid groups (broad SMARTS) is 1. The fourth-order valence-corrected chi connectivity index (χ4v) is 2.67. The highest BCUT2D eigenvalue weighted by atomic mass is 16.4. The summed E-state index contributed by atoms with van der Waals surface area (Å²) in [6.07, 6.45) is 0.574. The molecule has 23 heavy (non-hydrogen) atoms. The van der Waals surface area contributed by atoms with E-state index in [1.807, 2.05) is 6.07 Å². The monoisotopic (exact) mass is 319 g/mol. The number of amides is 1. The fraction of sp³-hybridized carbons (Fsp3) is 0.529. The lowest BCUT2D eigenvalue weighted by Crippen LogP contribution is -2.49. The predicted octanol–water partition coefficient (Wildman–Crippen LogP) is 0.785. The van der Waals surface area contributed by atoms with Crippen LogP contribution in [0, 0.1) is 0 Å². The number of carbonyl (C=O) groups excluding carboxylic acids is 1. The number of piperazine rings is 1. The summed E-state index contributed by atoms with van der Waals surface area (Å²) >= 11 is 0. The number of aliphatic carboxylic acids is 1. The number of carboxylic acids is 1. The highest BCUT2D eigenvalue weighted by Crippen LogP contribution is 2.08. The van der Waals surface area contributed by atoms with E-state index in [9.17, 15) is 9.59 Å². The van der Waals surface area contributed by atoms with Gasteiger partial charge in [0.05, 0.1) is 6.54 Å². The van der Waals surface area contributed by atoms with Crippen LogP contribution in [-0.4, -0.2) is 66.1 Å². The zero-order valence-electron chi connectivity index (χ0n) is 13.4. The van der Waals surface area contributed by atoms with Crippen molar-refractivity contribution >= 4 is 11.9 Å². The van der Waals surface area contributed by atoms with E-state index in [0.29, 0.717) is 19.5 Å². The highest BCUT2D eigenvalue weighted by Gasteiger charge is 2.18. The van der Waals surface area contributed by atoms with Gasteiger partial charge in [-0.1, -0.05) is 30.3 Å². The Balaban J connectivity index is 1.60. The molecule has 0 bridgehead atoms. The van der Waals surface area contributed by atoms with Gasteiger partial charge in [0.2, 0.25) is 5.91 Å². The molecule has 0 aliphatic carbocycles. The van der Waals surface area contributed by atoms with Crippen molar-refractivity contribution in [1.29, 1.82) is 0 Å². The summed E-state index contributed by atoms with van der Waals surface area (Å²) in [6.45, 7) is 5.47. The molecule has 1 aliphatic heterocycles. The van der Waals surface area contributed by atoms with E-state index < -0.39 is 5.97 Å². The Labute approximate surface area is 137 Å². The Morgan fingerprint density at radius 1 is 1.04 bits per heavy atom. The van der Waals surface area contributed by atoms with Crippen molar-refractivity contribution in [2.24, 2.45) is 0 Å². The third-order valence-electron chi connectivity index (χ3n) is 3.97. The predicted molar refractivity (Wildman–Crippen MR) is 88.0 cm³/mol. The number of nitrogens with one attached hydrogen (secondary N) is 1. The summed E-state index contributed by atoms with van der Waals surface area (Å²) in [7, 11) is 0. The van der Waals surface area contributed by atoms with E-state index >= 15 is 0 Å². The molecule has 0 spiro atoms. The van der Waals surface area contributed by atoms with Crippen molar-refractivity contribution < 1.29 is 14.7 Å². The summed E-state index contributed by atoms with van der Waals surface area (Å²) in [5, 5.41) is 11.3. The molecule has 0 radical (unpaired) electrons. The molecule has 1 saturated heterocycles. The lowest BCUT2D eigenvalue weighted by Gasteiger charge is -2.34. The molecule has 1 heterocycles. The van der Waals surface area contributed by atoms with Gasteiger partial charge in [-0.05, 0) is 12.0 Å². The third-order valence-corrected chi connectivity index (χ3v) is 3.97. The molecule has 126 valence electrons. The van der Waals surface area contributed by atoms with Crippen molar-refractivity contribution in [3.63, 3.8) is 0 Å². The molecular weight excluding hydrogens is 294 g/mol. The van der Waals surface area contributed by atoms with Crippen LogP contribution < -0.4 is 5.32 Å². The van der Waals surface area contributed by atoms with Crippen LogP contribution in [0.2, 0.25) is 0 Å². The Morgan fingerprint density at radius 2 is 1.70 bits per heavy atom. The minimum atomic E-state index is -0.825. The Kier molecular flexibility index (Phi) is 7.03. The van der Waals surface area contributed by atoms with Crippen LogP contribution in [0.5, 0.6) is 0 Å². The van der Waals surface area contributed by atoms with Gasteiger partial charge in [-0.25, -0.2) is 0 Å². The standard InChI is InChI=1S/C17H25N3O3/c21-16(18-8-4-7-17(22)23)14-20-11-9-19(10-12-20)13-15-5-2-1-3-6-15/h1-3,5-6H,4,7-14H2,(H,18,21)(H,22,23). The molecule has 6 nitrogen and oxygen atoms in total. The van der Waals surface area contributed by atoms with Crippen LogP contribution >= 0.6 is 0 Å². The maximum absolute atomic E-state index is 11.8. The van der Waals surface area contributed by atoms with Crippen molar-refractivity contribution in [3.8, 4) is 0 Å². The first kappa shape index (κ1) is 17.4. The lowest BCUT2D eigenvalue weighted by atomic mass is 10.2. The van der Waals surface area contributed by atoms with Gasteiger partial charge in [-0.15, -0.1) is 0 Å². The summed E-state index contributed by atoms with van der Waals surface area (Å²) < 4.78 is 0. The molecule has 0 saturated carbocycles.